The second kappa shape index (κ2) is 5.15. The summed E-state index contributed by atoms with van der Waals surface area (Å²) in [6, 6.07) is 14.4. The van der Waals surface area contributed by atoms with Gasteiger partial charge in [-0.25, -0.2) is 0 Å². The zero-order valence-electron chi connectivity index (χ0n) is 12.1. The molecule has 21 heavy (non-hydrogen) atoms. The third-order valence-corrected chi connectivity index (χ3v) is 4.81. The largest absolute Gasteiger partial charge is 0.348 e. The maximum absolute atomic E-state index is 12.5. The molecule has 1 N–H and O–H groups in total. The Balaban J connectivity index is 1.50. The van der Waals surface area contributed by atoms with Crippen molar-refractivity contribution < 1.29 is 4.79 Å². The monoisotopic (exact) mass is 280 g/mol. The molecule has 3 atom stereocenters. The molecule has 0 saturated carbocycles. The van der Waals surface area contributed by atoms with Crippen LogP contribution in [-0.4, -0.2) is 36.5 Å². The average molecular weight is 280 g/mol. The predicted octanol–water partition coefficient (Wildman–Crippen LogP) is 2.66. The van der Waals surface area contributed by atoms with Gasteiger partial charge in [-0.1, -0.05) is 30.3 Å². The molecule has 0 radical (unpaired) electrons. The highest BCUT2D eigenvalue weighted by molar-refractivity contribution is 5.98. The minimum Gasteiger partial charge on any atom is -0.348 e. The summed E-state index contributed by atoms with van der Waals surface area (Å²) >= 11 is 0. The lowest BCUT2D eigenvalue weighted by molar-refractivity contribution is 0.0909. The van der Waals surface area contributed by atoms with E-state index in [4.69, 9.17) is 0 Å². The fraction of sp³-hybridized carbons (Fsp3) is 0.389. The molecule has 3 nitrogen and oxygen atoms in total. The lowest BCUT2D eigenvalue weighted by atomic mass is 9.96. The van der Waals surface area contributed by atoms with Gasteiger partial charge in [0, 0.05) is 24.7 Å². The van der Waals surface area contributed by atoms with Crippen LogP contribution in [0.5, 0.6) is 0 Å². The minimum atomic E-state index is 0.0632. The Morgan fingerprint density at radius 3 is 2.81 bits per heavy atom. The summed E-state index contributed by atoms with van der Waals surface area (Å²) in [7, 11) is 0. The van der Waals surface area contributed by atoms with Crippen LogP contribution in [0.2, 0.25) is 0 Å². The summed E-state index contributed by atoms with van der Waals surface area (Å²) in [4.78, 5) is 14.9. The topological polar surface area (TPSA) is 32.3 Å². The van der Waals surface area contributed by atoms with Crippen molar-refractivity contribution in [3.63, 3.8) is 0 Å². The second-order valence-electron chi connectivity index (χ2n) is 6.38. The summed E-state index contributed by atoms with van der Waals surface area (Å²) < 4.78 is 0. The van der Waals surface area contributed by atoms with Gasteiger partial charge in [0.15, 0.2) is 0 Å². The van der Waals surface area contributed by atoms with E-state index in [0.717, 1.165) is 29.8 Å². The van der Waals surface area contributed by atoms with Crippen LogP contribution in [0.15, 0.2) is 42.5 Å². The molecular weight excluding hydrogens is 260 g/mol. The SMILES string of the molecule is O=C(N[C@@H]1C[C@H]2CCN(C2)C1)c1ccc2ccccc2c1. The van der Waals surface area contributed by atoms with Gasteiger partial charge in [0.1, 0.15) is 0 Å². The average Bonchev–Trinajstić information content (AvgIpc) is 2.85. The molecule has 0 spiro atoms. The second-order valence-corrected chi connectivity index (χ2v) is 6.38. The van der Waals surface area contributed by atoms with Crippen LogP contribution in [0.3, 0.4) is 0 Å². The van der Waals surface area contributed by atoms with Crippen LogP contribution < -0.4 is 5.32 Å². The van der Waals surface area contributed by atoms with E-state index in [1.807, 2.05) is 30.3 Å². The van der Waals surface area contributed by atoms with Crippen molar-refractivity contribution in [2.75, 3.05) is 19.6 Å². The number of nitrogens with one attached hydrogen (secondary N) is 1. The van der Waals surface area contributed by atoms with Crippen molar-refractivity contribution >= 4 is 16.7 Å². The predicted molar refractivity (Wildman–Crippen MR) is 84.4 cm³/mol. The molecule has 2 heterocycles. The molecule has 4 rings (SSSR count). The Bertz CT molecular complexity index is 670. The first-order chi connectivity index (χ1) is 10.3. The number of piperidine rings is 1. The van der Waals surface area contributed by atoms with Crippen LogP contribution >= 0.6 is 0 Å². The Morgan fingerprint density at radius 1 is 1.10 bits per heavy atom. The van der Waals surface area contributed by atoms with Gasteiger partial charge < -0.3 is 10.2 Å². The molecule has 2 fully saturated rings. The summed E-state index contributed by atoms with van der Waals surface area (Å²) in [5, 5.41) is 5.52. The molecule has 1 unspecified atom stereocenters. The molecular formula is C18H20N2O. The maximum Gasteiger partial charge on any atom is 0.251 e. The number of hydrogen-bond acceptors (Lipinski definition) is 2. The molecule has 3 heteroatoms. The number of carbonyl (C=O) groups excluding carboxylic acids is 1. The van der Waals surface area contributed by atoms with E-state index in [9.17, 15) is 4.79 Å². The van der Waals surface area contributed by atoms with Crippen molar-refractivity contribution in [2.45, 2.75) is 18.9 Å². The summed E-state index contributed by atoms with van der Waals surface area (Å²) in [6.45, 7) is 3.44. The highest BCUT2D eigenvalue weighted by Gasteiger charge is 2.32. The molecule has 2 aromatic rings. The van der Waals surface area contributed by atoms with E-state index in [0.29, 0.717) is 6.04 Å². The van der Waals surface area contributed by atoms with Crippen LogP contribution in [0.1, 0.15) is 23.2 Å². The van der Waals surface area contributed by atoms with Gasteiger partial charge in [-0.3, -0.25) is 4.79 Å². The van der Waals surface area contributed by atoms with Gasteiger partial charge in [0.2, 0.25) is 0 Å². The van der Waals surface area contributed by atoms with Crippen molar-refractivity contribution in [1.82, 2.24) is 10.2 Å². The lowest BCUT2D eigenvalue weighted by Gasteiger charge is -2.30. The van der Waals surface area contributed by atoms with Crippen molar-refractivity contribution in [3.05, 3.63) is 48.0 Å². The number of benzene rings is 2. The van der Waals surface area contributed by atoms with E-state index >= 15 is 0 Å². The first-order valence-electron chi connectivity index (χ1n) is 7.80. The van der Waals surface area contributed by atoms with Gasteiger partial charge in [-0.2, -0.15) is 0 Å². The van der Waals surface area contributed by atoms with Gasteiger partial charge in [0.05, 0.1) is 0 Å². The highest BCUT2D eigenvalue weighted by atomic mass is 16.1. The van der Waals surface area contributed by atoms with E-state index < -0.39 is 0 Å². The van der Waals surface area contributed by atoms with Crippen molar-refractivity contribution in [1.29, 1.82) is 0 Å². The molecule has 2 bridgehead atoms. The Kier molecular flexibility index (Phi) is 3.15. The fourth-order valence-corrected chi connectivity index (χ4v) is 3.76. The van der Waals surface area contributed by atoms with Crippen molar-refractivity contribution in [2.24, 2.45) is 5.92 Å². The first-order valence-corrected chi connectivity index (χ1v) is 7.80. The zero-order chi connectivity index (χ0) is 14.2. The normalized spacial score (nSPS) is 27.7. The standard InChI is InChI=1S/C18H20N2O/c21-18(19-17-9-13-7-8-20(11-13)12-17)16-6-5-14-3-1-2-4-15(14)10-16/h1-6,10,13,17H,7-9,11-12H2,(H,19,21)/t13-,17-/m1/s1. The molecule has 2 aliphatic rings. The van der Waals surface area contributed by atoms with Gasteiger partial charge in [-0.05, 0) is 48.2 Å². The lowest BCUT2D eigenvalue weighted by Crippen LogP contribution is -2.47. The van der Waals surface area contributed by atoms with Crippen LogP contribution in [0, 0.1) is 5.92 Å². The molecule has 2 aliphatic heterocycles. The Morgan fingerprint density at radius 2 is 1.95 bits per heavy atom. The maximum atomic E-state index is 12.5. The van der Waals surface area contributed by atoms with E-state index in [1.54, 1.807) is 0 Å². The van der Waals surface area contributed by atoms with E-state index in [2.05, 4.69) is 22.3 Å². The van der Waals surface area contributed by atoms with Crippen LogP contribution in [-0.2, 0) is 0 Å². The summed E-state index contributed by atoms with van der Waals surface area (Å²) in [5.41, 5.74) is 0.765. The Labute approximate surface area is 124 Å². The number of fused-ring (bicyclic) bond motifs is 3. The minimum absolute atomic E-state index is 0.0632. The summed E-state index contributed by atoms with van der Waals surface area (Å²) in [6.07, 6.45) is 2.43. The van der Waals surface area contributed by atoms with E-state index in [1.165, 1.54) is 24.9 Å². The number of carbonyl (C=O) groups is 1. The Hall–Kier alpha value is -1.87. The fourth-order valence-electron chi connectivity index (χ4n) is 3.76. The number of nitrogens with zero attached hydrogens (tertiary/aromatic N) is 1. The number of amides is 1. The number of hydrogen-bond donors (Lipinski definition) is 1. The zero-order valence-corrected chi connectivity index (χ0v) is 12.1. The molecule has 2 saturated heterocycles. The third kappa shape index (κ3) is 2.54. The van der Waals surface area contributed by atoms with Crippen molar-refractivity contribution in [3.8, 4) is 0 Å². The number of rotatable bonds is 2. The molecule has 1 amide bonds. The summed E-state index contributed by atoms with van der Waals surface area (Å²) in [5.74, 6) is 0.842. The van der Waals surface area contributed by atoms with Gasteiger partial charge >= 0.3 is 0 Å². The van der Waals surface area contributed by atoms with Gasteiger partial charge in [0.25, 0.3) is 5.91 Å². The van der Waals surface area contributed by atoms with Crippen LogP contribution in [0.25, 0.3) is 10.8 Å². The van der Waals surface area contributed by atoms with E-state index in [-0.39, 0.29) is 5.91 Å². The van der Waals surface area contributed by atoms with Crippen LogP contribution in [0.4, 0.5) is 0 Å². The molecule has 108 valence electrons. The highest BCUT2D eigenvalue weighted by Crippen LogP contribution is 2.27. The molecule has 0 aliphatic carbocycles. The molecule has 2 aromatic carbocycles. The smallest absolute Gasteiger partial charge is 0.251 e. The molecule has 0 aromatic heterocycles. The first kappa shape index (κ1) is 12.8. The quantitative estimate of drug-likeness (QED) is 0.917. The van der Waals surface area contributed by atoms with Gasteiger partial charge in [-0.15, -0.1) is 0 Å². The third-order valence-electron chi connectivity index (χ3n) is 4.81.